The second kappa shape index (κ2) is 4.01. The van der Waals surface area contributed by atoms with Gasteiger partial charge >= 0.3 is 0 Å². The molecule has 1 aromatic rings. The summed E-state index contributed by atoms with van der Waals surface area (Å²) in [6, 6.07) is 0. The molecule has 4 heteroatoms. The van der Waals surface area contributed by atoms with Crippen molar-refractivity contribution in [3.05, 3.63) is 18.0 Å². The molecule has 4 nitrogen and oxygen atoms in total. The van der Waals surface area contributed by atoms with Gasteiger partial charge in [0.15, 0.2) is 5.78 Å². The van der Waals surface area contributed by atoms with Crippen molar-refractivity contribution in [2.75, 3.05) is 19.6 Å². The molecule has 0 radical (unpaired) electrons. The van der Waals surface area contributed by atoms with Gasteiger partial charge in [-0.05, 0) is 24.7 Å². The summed E-state index contributed by atoms with van der Waals surface area (Å²) >= 11 is 0. The van der Waals surface area contributed by atoms with E-state index in [2.05, 4.69) is 15.1 Å². The Bertz CT molecular complexity index is 362. The molecule has 2 unspecified atom stereocenters. The van der Waals surface area contributed by atoms with Gasteiger partial charge in [0, 0.05) is 19.3 Å². The van der Waals surface area contributed by atoms with Crippen LogP contribution in [0.3, 0.4) is 0 Å². The van der Waals surface area contributed by atoms with Crippen LogP contribution in [0.2, 0.25) is 0 Å². The summed E-state index contributed by atoms with van der Waals surface area (Å²) in [5.41, 5.74) is 0.706. The van der Waals surface area contributed by atoms with Crippen molar-refractivity contribution in [2.24, 2.45) is 11.8 Å². The largest absolute Gasteiger partial charge is 0.295 e. The smallest absolute Gasteiger partial charge is 0.179 e. The maximum atomic E-state index is 11.9. The number of carbonyl (C=O) groups is 1. The Hall–Kier alpha value is -1.16. The van der Waals surface area contributed by atoms with Gasteiger partial charge in [-0.3, -0.25) is 14.8 Å². The second-order valence-electron chi connectivity index (χ2n) is 5.06. The summed E-state index contributed by atoms with van der Waals surface area (Å²) in [7, 11) is 0. The van der Waals surface area contributed by atoms with E-state index in [0.29, 0.717) is 12.1 Å². The topological polar surface area (TPSA) is 49.0 Å². The van der Waals surface area contributed by atoms with E-state index in [1.165, 1.54) is 19.3 Å². The minimum Gasteiger partial charge on any atom is -0.295 e. The number of likely N-dealkylation sites (tertiary alicyclic amines) is 1. The number of aromatic amines is 1. The van der Waals surface area contributed by atoms with Crippen LogP contribution >= 0.6 is 0 Å². The van der Waals surface area contributed by atoms with Crippen LogP contribution < -0.4 is 0 Å². The van der Waals surface area contributed by atoms with Gasteiger partial charge in [0.25, 0.3) is 0 Å². The average molecular weight is 219 g/mol. The van der Waals surface area contributed by atoms with Crippen molar-refractivity contribution in [2.45, 2.75) is 19.3 Å². The summed E-state index contributed by atoms with van der Waals surface area (Å²) < 4.78 is 0. The molecule has 1 aromatic heterocycles. The third-order valence-electron chi connectivity index (χ3n) is 3.99. The quantitative estimate of drug-likeness (QED) is 0.780. The van der Waals surface area contributed by atoms with Crippen LogP contribution in [0.15, 0.2) is 12.4 Å². The minimum absolute atomic E-state index is 0.189. The van der Waals surface area contributed by atoms with Crippen LogP contribution in [-0.4, -0.2) is 40.5 Å². The van der Waals surface area contributed by atoms with Gasteiger partial charge in [-0.25, -0.2) is 0 Å². The van der Waals surface area contributed by atoms with E-state index in [1.807, 2.05) is 0 Å². The van der Waals surface area contributed by atoms with Gasteiger partial charge in [0.05, 0.1) is 18.3 Å². The van der Waals surface area contributed by atoms with Gasteiger partial charge in [0.2, 0.25) is 0 Å². The van der Waals surface area contributed by atoms with E-state index < -0.39 is 0 Å². The van der Waals surface area contributed by atoms with Crippen LogP contribution in [0.4, 0.5) is 0 Å². The molecule has 0 amide bonds. The summed E-state index contributed by atoms with van der Waals surface area (Å²) in [5, 5.41) is 6.50. The SMILES string of the molecule is O=C(CN1CC2CCCC2C1)c1cn[nH]c1. The van der Waals surface area contributed by atoms with Crippen LogP contribution in [0, 0.1) is 11.8 Å². The van der Waals surface area contributed by atoms with Crippen molar-refractivity contribution >= 4 is 5.78 Å². The number of hydrogen-bond donors (Lipinski definition) is 1. The Labute approximate surface area is 95.0 Å². The highest BCUT2D eigenvalue weighted by atomic mass is 16.1. The van der Waals surface area contributed by atoms with E-state index in [0.717, 1.165) is 24.9 Å². The molecule has 86 valence electrons. The van der Waals surface area contributed by atoms with Crippen LogP contribution in [0.1, 0.15) is 29.6 Å². The predicted molar refractivity (Wildman–Crippen MR) is 60.2 cm³/mol. The standard InChI is InChI=1S/C12H17N3O/c16-12(11-4-13-14-5-11)8-15-6-9-2-1-3-10(9)7-15/h4-5,9-10H,1-3,6-8H2,(H,13,14). The first-order valence-corrected chi connectivity index (χ1v) is 6.07. The highest BCUT2D eigenvalue weighted by Gasteiger charge is 2.36. The zero-order valence-electron chi connectivity index (χ0n) is 9.35. The van der Waals surface area contributed by atoms with Crippen molar-refractivity contribution in [3.63, 3.8) is 0 Å². The van der Waals surface area contributed by atoms with E-state index >= 15 is 0 Å². The maximum absolute atomic E-state index is 11.9. The van der Waals surface area contributed by atoms with E-state index in [1.54, 1.807) is 12.4 Å². The van der Waals surface area contributed by atoms with Gasteiger partial charge in [0.1, 0.15) is 0 Å². The summed E-state index contributed by atoms with van der Waals surface area (Å²) in [4.78, 5) is 14.2. The fourth-order valence-corrected chi connectivity index (χ4v) is 3.16. The molecule has 1 N–H and O–H groups in total. The molecule has 2 fully saturated rings. The number of fused-ring (bicyclic) bond motifs is 1. The molecule has 2 aliphatic rings. The zero-order chi connectivity index (χ0) is 11.0. The molecule has 1 saturated heterocycles. The first kappa shape index (κ1) is 10.0. The summed E-state index contributed by atoms with van der Waals surface area (Å²) in [6.45, 7) is 2.80. The van der Waals surface area contributed by atoms with Crippen LogP contribution in [0.5, 0.6) is 0 Å². The number of nitrogens with zero attached hydrogens (tertiary/aromatic N) is 2. The number of carbonyl (C=O) groups excluding carboxylic acids is 1. The first-order chi connectivity index (χ1) is 7.83. The lowest BCUT2D eigenvalue weighted by atomic mass is 10.0. The molecule has 1 aliphatic heterocycles. The zero-order valence-corrected chi connectivity index (χ0v) is 9.35. The molecule has 16 heavy (non-hydrogen) atoms. The number of nitrogens with one attached hydrogen (secondary N) is 1. The number of H-pyrrole nitrogens is 1. The molecule has 1 aliphatic carbocycles. The predicted octanol–water partition coefficient (Wildman–Crippen LogP) is 1.32. The Balaban J connectivity index is 1.58. The van der Waals surface area contributed by atoms with Crippen LogP contribution in [0.25, 0.3) is 0 Å². The fraction of sp³-hybridized carbons (Fsp3) is 0.667. The molecule has 0 aromatic carbocycles. The molecule has 0 bridgehead atoms. The van der Waals surface area contributed by atoms with Gasteiger partial charge in [-0.15, -0.1) is 0 Å². The lowest BCUT2D eigenvalue weighted by Gasteiger charge is -2.14. The number of rotatable bonds is 3. The Morgan fingerprint density at radius 2 is 2.19 bits per heavy atom. The molecule has 3 rings (SSSR count). The number of hydrogen-bond acceptors (Lipinski definition) is 3. The van der Waals surface area contributed by atoms with Gasteiger partial charge in [-0.1, -0.05) is 6.42 Å². The lowest BCUT2D eigenvalue weighted by Crippen LogP contribution is -2.28. The molecule has 0 spiro atoms. The number of ketones is 1. The molecule has 2 atom stereocenters. The summed E-state index contributed by atoms with van der Waals surface area (Å²) in [5.74, 6) is 1.91. The second-order valence-corrected chi connectivity index (χ2v) is 5.06. The average Bonchev–Trinajstić information content (AvgIpc) is 2.91. The Kier molecular flexibility index (Phi) is 2.52. The third-order valence-corrected chi connectivity index (χ3v) is 3.99. The highest BCUT2D eigenvalue weighted by Crippen LogP contribution is 2.37. The number of aromatic nitrogens is 2. The summed E-state index contributed by atoms with van der Waals surface area (Å²) in [6.07, 6.45) is 7.40. The van der Waals surface area contributed by atoms with Gasteiger partial charge in [-0.2, -0.15) is 5.10 Å². The molecule has 1 saturated carbocycles. The molecular formula is C12H17N3O. The van der Waals surface area contributed by atoms with Crippen molar-refractivity contribution in [3.8, 4) is 0 Å². The van der Waals surface area contributed by atoms with E-state index in [9.17, 15) is 4.79 Å². The monoisotopic (exact) mass is 219 g/mol. The third kappa shape index (κ3) is 1.78. The Morgan fingerprint density at radius 3 is 2.81 bits per heavy atom. The first-order valence-electron chi connectivity index (χ1n) is 6.07. The normalized spacial score (nSPS) is 29.5. The van der Waals surface area contributed by atoms with E-state index in [4.69, 9.17) is 0 Å². The fourth-order valence-electron chi connectivity index (χ4n) is 3.16. The van der Waals surface area contributed by atoms with Crippen LogP contribution in [-0.2, 0) is 0 Å². The van der Waals surface area contributed by atoms with Crippen molar-refractivity contribution in [1.29, 1.82) is 0 Å². The minimum atomic E-state index is 0.189. The molecular weight excluding hydrogens is 202 g/mol. The Morgan fingerprint density at radius 1 is 1.44 bits per heavy atom. The number of Topliss-reactive ketones (excluding diaryl/α,β-unsaturated/α-hetero) is 1. The van der Waals surface area contributed by atoms with Crippen molar-refractivity contribution < 1.29 is 4.79 Å². The van der Waals surface area contributed by atoms with E-state index in [-0.39, 0.29) is 5.78 Å². The lowest BCUT2D eigenvalue weighted by molar-refractivity contribution is 0.0941. The van der Waals surface area contributed by atoms with Gasteiger partial charge < -0.3 is 0 Å². The maximum Gasteiger partial charge on any atom is 0.179 e. The molecule has 2 heterocycles. The van der Waals surface area contributed by atoms with Crippen molar-refractivity contribution in [1.82, 2.24) is 15.1 Å². The highest BCUT2D eigenvalue weighted by molar-refractivity contribution is 5.97.